The average molecular weight is 225 g/mol. The van der Waals surface area contributed by atoms with E-state index in [2.05, 4.69) is 35.8 Å². The maximum atomic E-state index is 11.8. The second kappa shape index (κ2) is 3.88. The molecule has 2 aromatic rings. The quantitative estimate of drug-likeness (QED) is 0.731. The molecule has 0 saturated heterocycles. The highest BCUT2D eigenvalue weighted by Gasteiger charge is 2.26. The molecule has 0 amide bonds. The van der Waals surface area contributed by atoms with Crippen molar-refractivity contribution < 1.29 is 4.79 Å². The Morgan fingerprint density at radius 2 is 1.88 bits per heavy atom. The molecule has 86 valence electrons. The molecule has 0 radical (unpaired) electrons. The maximum absolute atomic E-state index is 11.8. The summed E-state index contributed by atoms with van der Waals surface area (Å²) < 4.78 is 2.30. The van der Waals surface area contributed by atoms with Gasteiger partial charge in [0.15, 0.2) is 0 Å². The van der Waals surface area contributed by atoms with Crippen molar-refractivity contribution in [3.8, 4) is 0 Å². The molecule has 1 atom stereocenters. The molecule has 1 aromatic heterocycles. The summed E-state index contributed by atoms with van der Waals surface area (Å²) in [6.45, 7) is 2.11. The van der Waals surface area contributed by atoms with E-state index in [0.29, 0.717) is 18.6 Å². The van der Waals surface area contributed by atoms with Crippen LogP contribution in [0.4, 0.5) is 0 Å². The van der Waals surface area contributed by atoms with Crippen LogP contribution in [0.5, 0.6) is 0 Å². The molecule has 2 heterocycles. The van der Waals surface area contributed by atoms with Gasteiger partial charge in [-0.05, 0) is 24.6 Å². The van der Waals surface area contributed by atoms with Crippen LogP contribution in [-0.2, 0) is 11.2 Å². The van der Waals surface area contributed by atoms with E-state index in [-0.39, 0.29) is 6.04 Å². The smallest absolute Gasteiger partial charge is 0.141 e. The molecule has 0 saturated carbocycles. The van der Waals surface area contributed by atoms with E-state index < -0.39 is 0 Å². The van der Waals surface area contributed by atoms with Crippen LogP contribution in [0, 0.1) is 6.92 Å². The monoisotopic (exact) mass is 225 g/mol. The van der Waals surface area contributed by atoms with Crippen molar-refractivity contribution in [2.75, 3.05) is 0 Å². The largest absolute Gasteiger partial charge is 0.341 e. The van der Waals surface area contributed by atoms with Gasteiger partial charge in [0.25, 0.3) is 0 Å². The van der Waals surface area contributed by atoms with Crippen LogP contribution in [-0.4, -0.2) is 10.4 Å². The SMILES string of the molecule is Cc1ccc2n1[C@H](c1ccccc1)CC(=O)C2. The van der Waals surface area contributed by atoms with Gasteiger partial charge in [-0.3, -0.25) is 4.79 Å². The van der Waals surface area contributed by atoms with E-state index in [1.807, 2.05) is 18.2 Å². The number of hydrogen-bond acceptors (Lipinski definition) is 1. The number of aryl methyl sites for hydroxylation is 1. The van der Waals surface area contributed by atoms with Gasteiger partial charge in [0.05, 0.1) is 6.04 Å². The minimum Gasteiger partial charge on any atom is -0.341 e. The van der Waals surface area contributed by atoms with Gasteiger partial charge in [0.1, 0.15) is 5.78 Å². The molecule has 0 aliphatic carbocycles. The zero-order chi connectivity index (χ0) is 11.8. The molecular formula is C15H15NO. The molecule has 1 aliphatic rings. The summed E-state index contributed by atoms with van der Waals surface area (Å²) in [6.07, 6.45) is 1.20. The number of Topliss-reactive ketones (excluding diaryl/α,β-unsaturated/α-hetero) is 1. The summed E-state index contributed by atoms with van der Waals surface area (Å²) in [5, 5.41) is 0. The highest BCUT2D eigenvalue weighted by molar-refractivity contribution is 5.82. The van der Waals surface area contributed by atoms with E-state index in [9.17, 15) is 4.79 Å². The van der Waals surface area contributed by atoms with Crippen molar-refractivity contribution in [2.24, 2.45) is 0 Å². The topological polar surface area (TPSA) is 22.0 Å². The minimum atomic E-state index is 0.183. The Morgan fingerprint density at radius 1 is 1.12 bits per heavy atom. The van der Waals surface area contributed by atoms with Crippen LogP contribution < -0.4 is 0 Å². The molecular weight excluding hydrogens is 210 g/mol. The third-order valence-corrected chi connectivity index (χ3v) is 3.50. The Labute approximate surface area is 101 Å². The molecule has 0 unspecified atom stereocenters. The standard InChI is InChI=1S/C15H15NO/c1-11-7-8-13-9-14(17)10-15(16(11)13)12-5-3-2-4-6-12/h2-8,15H,9-10H2,1H3/t15-/m0/s1. The van der Waals surface area contributed by atoms with Gasteiger partial charge in [-0.15, -0.1) is 0 Å². The number of fused-ring (bicyclic) bond motifs is 1. The molecule has 3 rings (SSSR count). The van der Waals surface area contributed by atoms with Crippen LogP contribution in [0.15, 0.2) is 42.5 Å². The second-order valence-electron chi connectivity index (χ2n) is 4.68. The normalized spacial score (nSPS) is 19.1. The number of aromatic nitrogens is 1. The fourth-order valence-electron chi connectivity index (χ4n) is 2.72. The molecule has 2 heteroatoms. The number of carbonyl (C=O) groups excluding carboxylic acids is 1. The number of hydrogen-bond donors (Lipinski definition) is 0. The highest BCUT2D eigenvalue weighted by atomic mass is 16.1. The number of carbonyl (C=O) groups is 1. The third-order valence-electron chi connectivity index (χ3n) is 3.50. The molecule has 1 aromatic carbocycles. The molecule has 17 heavy (non-hydrogen) atoms. The van der Waals surface area contributed by atoms with Gasteiger partial charge < -0.3 is 4.57 Å². The Hall–Kier alpha value is -1.83. The zero-order valence-electron chi connectivity index (χ0n) is 9.89. The second-order valence-corrected chi connectivity index (χ2v) is 4.68. The predicted octanol–water partition coefficient (Wildman–Crippen LogP) is 2.90. The minimum absolute atomic E-state index is 0.183. The number of benzene rings is 1. The lowest BCUT2D eigenvalue weighted by atomic mass is 9.95. The van der Waals surface area contributed by atoms with E-state index in [1.54, 1.807) is 0 Å². The van der Waals surface area contributed by atoms with E-state index >= 15 is 0 Å². The average Bonchev–Trinajstić information content (AvgIpc) is 2.71. The van der Waals surface area contributed by atoms with E-state index in [1.165, 1.54) is 11.3 Å². The third kappa shape index (κ3) is 1.70. The first-order valence-corrected chi connectivity index (χ1v) is 5.99. The van der Waals surface area contributed by atoms with Gasteiger partial charge in [-0.25, -0.2) is 0 Å². The molecule has 0 N–H and O–H groups in total. The molecule has 2 nitrogen and oxygen atoms in total. The van der Waals surface area contributed by atoms with Crippen molar-refractivity contribution in [1.82, 2.24) is 4.57 Å². The Morgan fingerprint density at radius 3 is 2.65 bits per heavy atom. The van der Waals surface area contributed by atoms with Crippen LogP contribution in [0.2, 0.25) is 0 Å². The summed E-state index contributed by atoms with van der Waals surface area (Å²) in [6, 6.07) is 14.6. The van der Waals surface area contributed by atoms with Gasteiger partial charge in [0, 0.05) is 24.2 Å². The Kier molecular flexibility index (Phi) is 2.36. The zero-order valence-corrected chi connectivity index (χ0v) is 9.89. The molecule has 0 spiro atoms. The van der Waals surface area contributed by atoms with Crippen LogP contribution in [0.25, 0.3) is 0 Å². The van der Waals surface area contributed by atoms with E-state index in [4.69, 9.17) is 0 Å². The van der Waals surface area contributed by atoms with Crippen molar-refractivity contribution in [3.63, 3.8) is 0 Å². The molecule has 1 aliphatic heterocycles. The first-order valence-electron chi connectivity index (χ1n) is 5.99. The molecule has 0 fully saturated rings. The highest BCUT2D eigenvalue weighted by Crippen LogP contribution is 2.31. The Bertz CT molecular complexity index is 554. The first kappa shape index (κ1) is 10.3. The van der Waals surface area contributed by atoms with Crippen LogP contribution >= 0.6 is 0 Å². The van der Waals surface area contributed by atoms with E-state index in [0.717, 1.165) is 5.69 Å². The maximum Gasteiger partial charge on any atom is 0.141 e. The Balaban J connectivity index is 2.12. The van der Waals surface area contributed by atoms with Crippen molar-refractivity contribution >= 4 is 5.78 Å². The van der Waals surface area contributed by atoms with Crippen molar-refractivity contribution in [1.29, 1.82) is 0 Å². The molecule has 0 bridgehead atoms. The van der Waals surface area contributed by atoms with Crippen molar-refractivity contribution in [2.45, 2.75) is 25.8 Å². The van der Waals surface area contributed by atoms with Gasteiger partial charge in [-0.1, -0.05) is 30.3 Å². The van der Waals surface area contributed by atoms with Crippen molar-refractivity contribution in [3.05, 3.63) is 59.4 Å². The van der Waals surface area contributed by atoms with Gasteiger partial charge in [0.2, 0.25) is 0 Å². The summed E-state index contributed by atoms with van der Waals surface area (Å²) in [7, 11) is 0. The summed E-state index contributed by atoms with van der Waals surface area (Å²) in [4.78, 5) is 11.8. The lowest BCUT2D eigenvalue weighted by molar-refractivity contribution is -0.119. The lowest BCUT2D eigenvalue weighted by Gasteiger charge is -2.27. The first-order chi connectivity index (χ1) is 8.25. The fraction of sp³-hybridized carbons (Fsp3) is 0.267. The number of ketones is 1. The van der Waals surface area contributed by atoms with Gasteiger partial charge >= 0.3 is 0 Å². The van der Waals surface area contributed by atoms with Crippen LogP contribution in [0.3, 0.4) is 0 Å². The summed E-state index contributed by atoms with van der Waals surface area (Å²) >= 11 is 0. The fourth-order valence-corrected chi connectivity index (χ4v) is 2.72. The van der Waals surface area contributed by atoms with Crippen LogP contribution in [0.1, 0.15) is 29.4 Å². The number of rotatable bonds is 1. The lowest BCUT2D eigenvalue weighted by Crippen LogP contribution is -2.25. The summed E-state index contributed by atoms with van der Waals surface area (Å²) in [5.41, 5.74) is 3.61. The number of nitrogens with zero attached hydrogens (tertiary/aromatic N) is 1. The van der Waals surface area contributed by atoms with Gasteiger partial charge in [-0.2, -0.15) is 0 Å². The summed E-state index contributed by atoms with van der Waals surface area (Å²) in [5.74, 6) is 0.337. The predicted molar refractivity (Wildman–Crippen MR) is 67.1 cm³/mol.